The van der Waals surface area contributed by atoms with Crippen molar-refractivity contribution >= 4 is 5.91 Å². The van der Waals surface area contributed by atoms with Gasteiger partial charge in [-0.05, 0) is 43.2 Å². The Balaban J connectivity index is 1.86. The Morgan fingerprint density at radius 1 is 1.42 bits per heavy atom. The fourth-order valence-electron chi connectivity index (χ4n) is 2.69. The largest absolute Gasteiger partial charge is 0.387 e. The van der Waals surface area contributed by atoms with E-state index < -0.39 is 6.61 Å². The maximum Gasteiger partial charge on any atom is 0.248 e. The number of rotatable bonds is 4. The van der Waals surface area contributed by atoms with Gasteiger partial charge in [0.1, 0.15) is 12.4 Å². The molecule has 3 nitrogen and oxygen atoms in total. The minimum atomic E-state index is -0.417. The van der Waals surface area contributed by atoms with Crippen LogP contribution in [0, 0.1) is 11.7 Å². The second-order valence-electron chi connectivity index (χ2n) is 5.14. The van der Waals surface area contributed by atoms with Crippen LogP contribution in [-0.4, -0.2) is 35.6 Å². The lowest BCUT2D eigenvalue weighted by Crippen LogP contribution is -2.41. The van der Waals surface area contributed by atoms with Gasteiger partial charge in [0.05, 0.1) is 0 Å². The molecule has 0 aliphatic carbocycles. The summed E-state index contributed by atoms with van der Waals surface area (Å²) in [5.74, 6) is 0.0565. The molecule has 19 heavy (non-hydrogen) atoms. The summed E-state index contributed by atoms with van der Waals surface area (Å²) < 4.78 is 13.5. The third kappa shape index (κ3) is 3.77. The highest BCUT2D eigenvalue weighted by Gasteiger charge is 2.22. The van der Waals surface area contributed by atoms with Crippen LogP contribution in [0.4, 0.5) is 4.39 Å². The van der Waals surface area contributed by atoms with Gasteiger partial charge >= 0.3 is 0 Å². The van der Waals surface area contributed by atoms with Crippen LogP contribution >= 0.6 is 0 Å². The van der Waals surface area contributed by atoms with E-state index in [2.05, 4.69) is 0 Å². The summed E-state index contributed by atoms with van der Waals surface area (Å²) in [6.45, 7) is 1.00. The average Bonchev–Trinajstić information content (AvgIpc) is 2.46. The first kappa shape index (κ1) is 14.0. The van der Waals surface area contributed by atoms with Crippen molar-refractivity contribution in [3.05, 3.63) is 35.6 Å². The fourth-order valence-corrected chi connectivity index (χ4v) is 2.69. The lowest BCUT2D eigenvalue weighted by Gasteiger charge is -2.32. The number of nitrogens with zero attached hydrogens (tertiary/aromatic N) is 1. The number of aliphatic hydroxyl groups is 1. The molecule has 1 aliphatic heterocycles. The van der Waals surface area contributed by atoms with Crippen LogP contribution in [0.25, 0.3) is 0 Å². The standard InChI is InChI=1S/C15H20FNO2/c16-14-6-2-1-5-13(14)8-7-12-4-3-9-17(10-12)15(19)11-18/h1-2,5-6,12,18H,3-4,7-11H2. The minimum Gasteiger partial charge on any atom is -0.387 e. The third-order valence-corrected chi connectivity index (χ3v) is 3.79. The molecule has 2 rings (SSSR count). The second-order valence-corrected chi connectivity index (χ2v) is 5.14. The summed E-state index contributed by atoms with van der Waals surface area (Å²) in [5, 5.41) is 8.88. The SMILES string of the molecule is O=C(CO)N1CCCC(CCc2ccccc2F)C1. The zero-order chi connectivity index (χ0) is 13.7. The monoisotopic (exact) mass is 265 g/mol. The van der Waals surface area contributed by atoms with E-state index in [1.807, 2.05) is 12.1 Å². The van der Waals surface area contributed by atoms with Crippen molar-refractivity contribution in [3.63, 3.8) is 0 Å². The third-order valence-electron chi connectivity index (χ3n) is 3.79. The normalized spacial score (nSPS) is 19.5. The Morgan fingerprint density at radius 3 is 2.95 bits per heavy atom. The van der Waals surface area contributed by atoms with E-state index in [0.717, 1.165) is 31.4 Å². The van der Waals surface area contributed by atoms with E-state index >= 15 is 0 Å². The summed E-state index contributed by atoms with van der Waals surface area (Å²) in [6, 6.07) is 6.84. The zero-order valence-corrected chi connectivity index (χ0v) is 11.0. The van der Waals surface area contributed by atoms with Gasteiger partial charge in [0.2, 0.25) is 5.91 Å². The predicted octanol–water partition coefficient (Wildman–Crippen LogP) is 1.99. The van der Waals surface area contributed by atoms with Crippen LogP contribution in [0.3, 0.4) is 0 Å². The first-order valence-corrected chi connectivity index (χ1v) is 6.82. The minimum absolute atomic E-state index is 0.151. The van der Waals surface area contributed by atoms with Gasteiger partial charge in [-0.2, -0.15) is 0 Å². The average molecular weight is 265 g/mol. The number of aryl methyl sites for hydroxylation is 1. The van der Waals surface area contributed by atoms with Gasteiger partial charge in [0.15, 0.2) is 0 Å². The lowest BCUT2D eigenvalue weighted by molar-refractivity contribution is -0.136. The topological polar surface area (TPSA) is 40.5 Å². The molecular formula is C15H20FNO2. The van der Waals surface area contributed by atoms with E-state index in [1.165, 1.54) is 6.07 Å². The van der Waals surface area contributed by atoms with Crippen molar-refractivity contribution < 1.29 is 14.3 Å². The highest BCUT2D eigenvalue weighted by atomic mass is 19.1. The number of amides is 1. The summed E-state index contributed by atoms with van der Waals surface area (Å²) in [5.41, 5.74) is 0.744. The van der Waals surface area contributed by atoms with E-state index in [0.29, 0.717) is 18.9 Å². The van der Waals surface area contributed by atoms with Gasteiger partial charge in [0, 0.05) is 13.1 Å². The first-order valence-electron chi connectivity index (χ1n) is 6.82. The van der Waals surface area contributed by atoms with Crippen LogP contribution in [0.5, 0.6) is 0 Å². The molecule has 0 bridgehead atoms. The maximum absolute atomic E-state index is 13.5. The molecule has 0 saturated carbocycles. The Morgan fingerprint density at radius 2 is 2.21 bits per heavy atom. The Hall–Kier alpha value is -1.42. The van der Waals surface area contributed by atoms with Crippen molar-refractivity contribution in [2.75, 3.05) is 19.7 Å². The molecule has 1 aliphatic rings. The molecule has 1 atom stereocenters. The van der Waals surface area contributed by atoms with Crippen molar-refractivity contribution in [1.29, 1.82) is 0 Å². The van der Waals surface area contributed by atoms with Crippen LogP contribution in [0.1, 0.15) is 24.8 Å². The fraction of sp³-hybridized carbons (Fsp3) is 0.533. The first-order chi connectivity index (χ1) is 9.20. The number of benzene rings is 1. The number of likely N-dealkylation sites (tertiary alicyclic amines) is 1. The van der Waals surface area contributed by atoms with E-state index in [4.69, 9.17) is 5.11 Å². The van der Waals surface area contributed by atoms with Gasteiger partial charge in [-0.3, -0.25) is 4.79 Å². The van der Waals surface area contributed by atoms with Gasteiger partial charge < -0.3 is 10.0 Å². The highest BCUT2D eigenvalue weighted by Crippen LogP contribution is 2.22. The molecular weight excluding hydrogens is 245 g/mol. The maximum atomic E-state index is 13.5. The number of carbonyl (C=O) groups excluding carboxylic acids is 1. The highest BCUT2D eigenvalue weighted by molar-refractivity contribution is 5.77. The molecule has 1 aromatic rings. The molecule has 1 amide bonds. The number of halogens is 1. The van der Waals surface area contributed by atoms with Crippen LogP contribution in [-0.2, 0) is 11.2 Å². The summed E-state index contributed by atoms with van der Waals surface area (Å²) >= 11 is 0. The summed E-state index contributed by atoms with van der Waals surface area (Å²) in [6.07, 6.45) is 3.63. The number of piperidine rings is 1. The molecule has 1 fully saturated rings. The Labute approximate surface area is 113 Å². The summed E-state index contributed by atoms with van der Waals surface area (Å²) in [4.78, 5) is 13.2. The summed E-state index contributed by atoms with van der Waals surface area (Å²) in [7, 11) is 0. The molecule has 104 valence electrons. The van der Waals surface area contributed by atoms with Gasteiger partial charge in [-0.1, -0.05) is 18.2 Å². The molecule has 1 aromatic carbocycles. The van der Waals surface area contributed by atoms with Crippen molar-refractivity contribution in [2.24, 2.45) is 5.92 Å². The van der Waals surface area contributed by atoms with Crippen LogP contribution < -0.4 is 0 Å². The smallest absolute Gasteiger partial charge is 0.248 e. The van der Waals surface area contributed by atoms with E-state index in [-0.39, 0.29) is 11.7 Å². The van der Waals surface area contributed by atoms with Crippen LogP contribution in [0.15, 0.2) is 24.3 Å². The molecule has 4 heteroatoms. The quantitative estimate of drug-likeness (QED) is 0.904. The molecule has 0 aromatic heterocycles. The molecule has 0 spiro atoms. The van der Waals surface area contributed by atoms with Crippen molar-refractivity contribution in [2.45, 2.75) is 25.7 Å². The molecule has 1 N–H and O–H groups in total. The number of hydrogen-bond donors (Lipinski definition) is 1. The van der Waals surface area contributed by atoms with Gasteiger partial charge in [-0.15, -0.1) is 0 Å². The van der Waals surface area contributed by atoms with E-state index in [9.17, 15) is 9.18 Å². The van der Waals surface area contributed by atoms with E-state index in [1.54, 1.807) is 11.0 Å². The molecule has 1 unspecified atom stereocenters. The van der Waals surface area contributed by atoms with Crippen molar-refractivity contribution in [3.8, 4) is 0 Å². The number of carbonyl (C=O) groups is 1. The number of hydrogen-bond acceptors (Lipinski definition) is 2. The molecule has 1 saturated heterocycles. The van der Waals surface area contributed by atoms with Crippen molar-refractivity contribution in [1.82, 2.24) is 4.90 Å². The zero-order valence-electron chi connectivity index (χ0n) is 11.0. The van der Waals surface area contributed by atoms with Gasteiger partial charge in [-0.25, -0.2) is 4.39 Å². The Kier molecular flexibility index (Phi) is 4.91. The number of aliphatic hydroxyl groups excluding tert-OH is 1. The molecule has 1 heterocycles. The second kappa shape index (κ2) is 6.66. The lowest BCUT2D eigenvalue weighted by atomic mass is 9.91. The van der Waals surface area contributed by atoms with Gasteiger partial charge in [0.25, 0.3) is 0 Å². The molecule has 0 radical (unpaired) electrons. The van der Waals surface area contributed by atoms with Crippen LogP contribution in [0.2, 0.25) is 0 Å². The predicted molar refractivity (Wildman–Crippen MR) is 71.1 cm³/mol. The Bertz CT molecular complexity index is 436.